The first-order valence-electron chi connectivity index (χ1n) is 12.0. The van der Waals surface area contributed by atoms with Crippen molar-refractivity contribution in [2.45, 2.75) is 38.4 Å². The van der Waals surface area contributed by atoms with Gasteiger partial charge in [-0.2, -0.15) is 10.2 Å². The second-order valence-corrected chi connectivity index (χ2v) is 9.54. The number of nitrogens with one attached hydrogen (secondary N) is 1. The molecule has 3 aromatic rings. The molecule has 4 heterocycles. The minimum atomic E-state index is -0.515. The zero-order valence-corrected chi connectivity index (χ0v) is 20.1. The van der Waals surface area contributed by atoms with Crippen LogP contribution >= 0.6 is 0 Å². The van der Waals surface area contributed by atoms with Crippen molar-refractivity contribution < 1.29 is 13.9 Å². The fraction of sp³-hybridized carbons (Fsp3) is 0.333. The first-order chi connectivity index (χ1) is 17.5. The van der Waals surface area contributed by atoms with Crippen molar-refractivity contribution in [1.29, 1.82) is 5.26 Å². The summed E-state index contributed by atoms with van der Waals surface area (Å²) in [6, 6.07) is 12.5. The number of amides is 1. The molecule has 0 radical (unpaired) electrons. The number of carbonyl (C=O) groups is 1. The van der Waals surface area contributed by atoms with E-state index in [1.165, 1.54) is 13.2 Å². The highest BCUT2D eigenvalue weighted by Crippen LogP contribution is 2.42. The standard InChI is InChI=1S/C27H25FN6O2/c1-15-10-23(32-27(30-15)33-12-17-7-8-18(13-33)31-17)34-14-20-19(26(34)35)9-6-16(11-29)24(20)25-21(28)4-3-5-22(25)36-2/h3-6,9-10,17-18,31H,7-8,12-14H2,1-2H3. The minimum absolute atomic E-state index is 0.166. The van der Waals surface area contributed by atoms with Gasteiger partial charge in [-0.05, 0) is 49.6 Å². The molecule has 1 amide bonds. The van der Waals surface area contributed by atoms with Crippen molar-refractivity contribution in [2.75, 3.05) is 30.0 Å². The number of hydrogen-bond donors (Lipinski definition) is 1. The van der Waals surface area contributed by atoms with E-state index in [9.17, 15) is 10.1 Å². The lowest BCUT2D eigenvalue weighted by Gasteiger charge is -2.33. The summed E-state index contributed by atoms with van der Waals surface area (Å²) >= 11 is 0. The molecule has 0 spiro atoms. The average molecular weight is 485 g/mol. The Balaban J connectivity index is 1.42. The SMILES string of the molecule is COc1cccc(F)c1-c1c(C#N)ccc2c1CN(c1cc(C)nc(N3CC4CCC(C3)N4)n1)C2=O. The van der Waals surface area contributed by atoms with E-state index in [0.29, 0.717) is 46.3 Å². The van der Waals surface area contributed by atoms with Crippen molar-refractivity contribution in [3.63, 3.8) is 0 Å². The van der Waals surface area contributed by atoms with Gasteiger partial charge >= 0.3 is 0 Å². The predicted molar refractivity (Wildman–Crippen MR) is 133 cm³/mol. The number of benzene rings is 2. The van der Waals surface area contributed by atoms with Gasteiger partial charge in [0.15, 0.2) is 0 Å². The number of aryl methyl sites for hydroxylation is 1. The molecular formula is C27H25FN6O2. The Morgan fingerprint density at radius 3 is 2.64 bits per heavy atom. The van der Waals surface area contributed by atoms with E-state index in [4.69, 9.17) is 9.72 Å². The maximum atomic E-state index is 15.1. The van der Waals surface area contributed by atoms with Crippen LogP contribution in [0.5, 0.6) is 5.75 Å². The largest absolute Gasteiger partial charge is 0.496 e. The summed E-state index contributed by atoms with van der Waals surface area (Å²) in [7, 11) is 1.46. The van der Waals surface area contributed by atoms with Crippen molar-refractivity contribution in [3.05, 3.63) is 64.6 Å². The van der Waals surface area contributed by atoms with Crippen molar-refractivity contribution >= 4 is 17.7 Å². The van der Waals surface area contributed by atoms with E-state index in [0.717, 1.165) is 31.6 Å². The number of nitrogens with zero attached hydrogens (tertiary/aromatic N) is 5. The fourth-order valence-corrected chi connectivity index (χ4v) is 5.65. The van der Waals surface area contributed by atoms with E-state index in [-0.39, 0.29) is 23.6 Å². The number of anilines is 2. The lowest BCUT2D eigenvalue weighted by Crippen LogP contribution is -2.51. The molecule has 1 aromatic heterocycles. The molecule has 9 heteroatoms. The second-order valence-electron chi connectivity index (χ2n) is 9.54. The second kappa shape index (κ2) is 8.57. The van der Waals surface area contributed by atoms with Crippen LogP contribution in [0.25, 0.3) is 11.1 Å². The molecule has 0 aliphatic carbocycles. The van der Waals surface area contributed by atoms with Gasteiger partial charge in [0.05, 0.1) is 30.9 Å². The van der Waals surface area contributed by atoms with Gasteiger partial charge in [-0.15, -0.1) is 0 Å². The summed E-state index contributed by atoms with van der Waals surface area (Å²) < 4.78 is 20.5. The first-order valence-corrected chi connectivity index (χ1v) is 12.0. The summed E-state index contributed by atoms with van der Waals surface area (Å²) in [5, 5.41) is 13.4. The minimum Gasteiger partial charge on any atom is -0.496 e. The summed E-state index contributed by atoms with van der Waals surface area (Å²) in [6.07, 6.45) is 2.28. The van der Waals surface area contributed by atoms with Gasteiger partial charge in [0.2, 0.25) is 5.95 Å². The van der Waals surface area contributed by atoms with Crippen LogP contribution in [0.15, 0.2) is 36.4 Å². The van der Waals surface area contributed by atoms with Crippen LogP contribution in [-0.2, 0) is 6.54 Å². The molecule has 1 N–H and O–H groups in total. The molecular weight excluding hydrogens is 459 g/mol. The molecule has 36 heavy (non-hydrogen) atoms. The summed E-state index contributed by atoms with van der Waals surface area (Å²) in [4.78, 5) is 26.8. The van der Waals surface area contributed by atoms with Gasteiger partial charge in [-0.3, -0.25) is 9.69 Å². The normalized spacial score (nSPS) is 20.4. The van der Waals surface area contributed by atoms with Crippen LogP contribution in [0.4, 0.5) is 16.2 Å². The van der Waals surface area contributed by atoms with Gasteiger partial charge in [0, 0.05) is 48.1 Å². The molecule has 182 valence electrons. The first kappa shape index (κ1) is 22.4. The maximum Gasteiger partial charge on any atom is 0.260 e. The zero-order valence-electron chi connectivity index (χ0n) is 20.1. The molecule has 2 saturated heterocycles. The van der Waals surface area contributed by atoms with Gasteiger partial charge in [-0.25, -0.2) is 9.37 Å². The molecule has 3 aliphatic rings. The Labute approximate surface area is 208 Å². The number of piperazine rings is 1. The third-order valence-corrected chi connectivity index (χ3v) is 7.28. The third kappa shape index (κ3) is 3.57. The summed E-state index contributed by atoms with van der Waals surface area (Å²) in [6.45, 7) is 3.72. The molecule has 0 saturated carbocycles. The number of fused-ring (bicyclic) bond motifs is 3. The number of rotatable bonds is 4. The zero-order chi connectivity index (χ0) is 25.0. The Kier molecular flexibility index (Phi) is 5.34. The van der Waals surface area contributed by atoms with Gasteiger partial charge in [0.1, 0.15) is 17.4 Å². The van der Waals surface area contributed by atoms with E-state index in [1.54, 1.807) is 35.2 Å². The van der Waals surface area contributed by atoms with Crippen LogP contribution in [-0.4, -0.2) is 48.2 Å². The molecule has 6 rings (SSSR count). The van der Waals surface area contributed by atoms with Crippen LogP contribution in [0.1, 0.15) is 40.0 Å². The predicted octanol–water partition coefficient (Wildman–Crippen LogP) is 3.57. The number of nitriles is 1. The van der Waals surface area contributed by atoms with Crippen LogP contribution in [0.2, 0.25) is 0 Å². The lowest BCUT2D eigenvalue weighted by molar-refractivity contribution is 0.0996. The fourth-order valence-electron chi connectivity index (χ4n) is 5.65. The highest BCUT2D eigenvalue weighted by molar-refractivity contribution is 6.11. The van der Waals surface area contributed by atoms with E-state index in [1.807, 2.05) is 6.92 Å². The highest BCUT2D eigenvalue weighted by atomic mass is 19.1. The molecule has 2 atom stereocenters. The average Bonchev–Trinajstić information content (AvgIpc) is 3.40. The number of aromatic nitrogens is 2. The molecule has 2 bridgehead atoms. The number of carbonyl (C=O) groups excluding carboxylic acids is 1. The van der Waals surface area contributed by atoms with E-state index < -0.39 is 5.82 Å². The smallest absolute Gasteiger partial charge is 0.260 e. The highest BCUT2D eigenvalue weighted by Gasteiger charge is 2.36. The molecule has 3 aliphatic heterocycles. The molecule has 2 aromatic carbocycles. The number of ether oxygens (including phenoxy) is 1. The Morgan fingerprint density at radius 2 is 1.92 bits per heavy atom. The van der Waals surface area contributed by atoms with Crippen LogP contribution in [0.3, 0.4) is 0 Å². The Hall–Kier alpha value is -4.03. The molecule has 2 fully saturated rings. The lowest BCUT2D eigenvalue weighted by atomic mass is 9.91. The van der Waals surface area contributed by atoms with E-state index in [2.05, 4.69) is 21.3 Å². The van der Waals surface area contributed by atoms with Crippen molar-refractivity contribution in [2.24, 2.45) is 0 Å². The van der Waals surface area contributed by atoms with E-state index >= 15 is 4.39 Å². The third-order valence-electron chi connectivity index (χ3n) is 7.28. The van der Waals surface area contributed by atoms with Gasteiger partial charge < -0.3 is 15.0 Å². The summed E-state index contributed by atoms with van der Waals surface area (Å²) in [5.74, 6) is 0.656. The Bertz CT molecular complexity index is 1420. The topological polar surface area (TPSA) is 94.4 Å². The van der Waals surface area contributed by atoms with Crippen LogP contribution < -0.4 is 19.9 Å². The van der Waals surface area contributed by atoms with Crippen LogP contribution in [0, 0.1) is 24.1 Å². The monoisotopic (exact) mass is 484 g/mol. The quantitative estimate of drug-likeness (QED) is 0.605. The summed E-state index contributed by atoms with van der Waals surface area (Å²) in [5.41, 5.74) is 2.61. The van der Waals surface area contributed by atoms with Crippen molar-refractivity contribution in [3.8, 4) is 22.9 Å². The molecule has 8 nitrogen and oxygen atoms in total. The molecule has 2 unspecified atom stereocenters. The number of methoxy groups -OCH3 is 1. The maximum absolute atomic E-state index is 15.1. The Morgan fingerprint density at radius 1 is 1.14 bits per heavy atom. The number of halogens is 1. The van der Waals surface area contributed by atoms with Crippen molar-refractivity contribution in [1.82, 2.24) is 15.3 Å². The van der Waals surface area contributed by atoms with Gasteiger partial charge in [0.25, 0.3) is 5.91 Å². The number of hydrogen-bond acceptors (Lipinski definition) is 7. The van der Waals surface area contributed by atoms with Gasteiger partial charge in [-0.1, -0.05) is 6.07 Å².